The first-order valence-corrected chi connectivity index (χ1v) is 11.1. The van der Waals surface area contributed by atoms with E-state index in [1.807, 2.05) is 29.4 Å². The van der Waals surface area contributed by atoms with E-state index in [-0.39, 0.29) is 23.8 Å². The Morgan fingerprint density at radius 2 is 2.00 bits per heavy atom. The van der Waals surface area contributed by atoms with Crippen molar-refractivity contribution in [1.82, 2.24) is 35.2 Å². The second-order valence-corrected chi connectivity index (χ2v) is 9.03. The standard InChI is InChI=1S/C22H23FN8O2/c1-31-7-6-13-19(25-16-11-4-2-10(3-5-11)15(16)22(32)30-33)26-20(27-21(13)31)17-14-8-12(23)9-24-18(14)29-28-17/h6-11,15-16,33H,2-5H2,1H3,(H,30,32)(H,24,28,29)(H,25,26,27)/t10?,11?,15-,16-/m0/s1. The number of carbonyl (C=O) groups excluding carboxylic acids is 1. The number of halogens is 1. The normalized spacial score (nSPS) is 24.5. The van der Waals surface area contributed by atoms with E-state index in [1.54, 1.807) is 0 Å². The zero-order valence-electron chi connectivity index (χ0n) is 17.9. The van der Waals surface area contributed by atoms with Gasteiger partial charge >= 0.3 is 0 Å². The Hall–Kier alpha value is -3.60. The Kier molecular flexibility index (Phi) is 4.54. The highest BCUT2D eigenvalue weighted by atomic mass is 19.1. The lowest BCUT2D eigenvalue weighted by molar-refractivity contribution is -0.139. The lowest BCUT2D eigenvalue weighted by Crippen LogP contribution is -2.54. The maximum Gasteiger partial charge on any atom is 0.248 e. The average Bonchev–Trinajstić information content (AvgIpc) is 3.42. The molecule has 0 saturated heterocycles. The molecule has 3 aliphatic carbocycles. The SMILES string of the molecule is Cn1ccc2c(N[C@H]3C4CCC(CC4)[C@@H]3C(=O)NO)nc(-c3n[nH]c4ncc(F)cc34)nc21. The zero-order chi connectivity index (χ0) is 22.7. The Morgan fingerprint density at radius 3 is 2.79 bits per heavy atom. The van der Waals surface area contributed by atoms with Crippen molar-refractivity contribution in [3.05, 3.63) is 30.3 Å². The summed E-state index contributed by atoms with van der Waals surface area (Å²) in [5.74, 6) is 0.263. The Bertz CT molecular complexity index is 1370. The van der Waals surface area contributed by atoms with Crippen LogP contribution >= 0.6 is 0 Å². The largest absolute Gasteiger partial charge is 0.366 e. The van der Waals surface area contributed by atoms with Crippen LogP contribution in [0.5, 0.6) is 0 Å². The summed E-state index contributed by atoms with van der Waals surface area (Å²) in [6, 6.07) is 3.12. The van der Waals surface area contributed by atoms with Crippen LogP contribution in [0, 0.1) is 23.6 Å². The molecule has 3 fully saturated rings. The summed E-state index contributed by atoms with van der Waals surface area (Å²) in [5.41, 5.74) is 3.40. The van der Waals surface area contributed by atoms with Crippen molar-refractivity contribution >= 4 is 33.8 Å². The predicted molar refractivity (Wildman–Crippen MR) is 118 cm³/mol. The molecule has 4 aromatic rings. The van der Waals surface area contributed by atoms with Crippen molar-refractivity contribution in [2.24, 2.45) is 24.8 Å². The van der Waals surface area contributed by atoms with Crippen LogP contribution in [0.3, 0.4) is 0 Å². The molecule has 4 heterocycles. The highest BCUT2D eigenvalue weighted by Crippen LogP contribution is 2.46. The van der Waals surface area contributed by atoms with Crippen LogP contribution in [0.2, 0.25) is 0 Å². The molecule has 0 aromatic carbocycles. The molecule has 4 aromatic heterocycles. The van der Waals surface area contributed by atoms with Crippen molar-refractivity contribution in [2.75, 3.05) is 5.32 Å². The fourth-order valence-corrected chi connectivity index (χ4v) is 5.67. The molecule has 0 aliphatic heterocycles. The monoisotopic (exact) mass is 450 g/mol. The molecule has 33 heavy (non-hydrogen) atoms. The van der Waals surface area contributed by atoms with Crippen LogP contribution in [0.15, 0.2) is 24.5 Å². The molecule has 11 heteroatoms. The molecular formula is C22H23FN8O2. The van der Waals surface area contributed by atoms with Crippen LogP contribution < -0.4 is 10.8 Å². The smallest absolute Gasteiger partial charge is 0.248 e. The number of fused-ring (bicyclic) bond motifs is 5. The van der Waals surface area contributed by atoms with E-state index in [9.17, 15) is 14.4 Å². The number of hydroxylamine groups is 1. The number of nitrogens with one attached hydrogen (secondary N) is 3. The van der Waals surface area contributed by atoms with E-state index >= 15 is 0 Å². The minimum Gasteiger partial charge on any atom is -0.366 e. The van der Waals surface area contributed by atoms with Gasteiger partial charge in [-0.2, -0.15) is 5.10 Å². The Balaban J connectivity index is 1.47. The van der Waals surface area contributed by atoms with Gasteiger partial charge in [0.2, 0.25) is 5.91 Å². The summed E-state index contributed by atoms with van der Waals surface area (Å²) in [5, 5.41) is 21.3. The molecule has 7 rings (SSSR count). The van der Waals surface area contributed by atoms with Gasteiger partial charge in [0.1, 0.15) is 23.0 Å². The third-order valence-corrected chi connectivity index (χ3v) is 7.25. The fraction of sp³-hybridized carbons (Fsp3) is 0.409. The van der Waals surface area contributed by atoms with Gasteiger partial charge in [-0.3, -0.25) is 15.1 Å². The Labute approximate surface area is 187 Å². The molecule has 3 saturated carbocycles. The fourth-order valence-electron chi connectivity index (χ4n) is 5.67. The number of hydrogen-bond acceptors (Lipinski definition) is 7. The number of aromatic amines is 1. The van der Waals surface area contributed by atoms with E-state index < -0.39 is 5.82 Å². The number of amides is 1. The van der Waals surface area contributed by atoms with Gasteiger partial charge in [-0.05, 0) is 49.7 Å². The van der Waals surface area contributed by atoms with Crippen molar-refractivity contribution < 1.29 is 14.4 Å². The molecule has 2 bridgehead atoms. The second-order valence-electron chi connectivity index (χ2n) is 9.03. The summed E-state index contributed by atoms with van der Waals surface area (Å²) >= 11 is 0. The summed E-state index contributed by atoms with van der Waals surface area (Å²) in [4.78, 5) is 26.1. The first kappa shape index (κ1) is 20.0. The quantitative estimate of drug-likeness (QED) is 0.277. The number of aromatic nitrogens is 6. The van der Waals surface area contributed by atoms with Crippen molar-refractivity contribution in [3.8, 4) is 11.5 Å². The van der Waals surface area contributed by atoms with E-state index in [2.05, 4.69) is 25.5 Å². The molecule has 2 atom stereocenters. The molecule has 0 unspecified atom stereocenters. The number of aryl methyl sites for hydroxylation is 1. The van der Waals surface area contributed by atoms with Gasteiger partial charge in [-0.25, -0.2) is 24.8 Å². The van der Waals surface area contributed by atoms with Gasteiger partial charge < -0.3 is 9.88 Å². The number of anilines is 1. The lowest BCUT2D eigenvalue weighted by Gasteiger charge is -2.47. The van der Waals surface area contributed by atoms with Crippen LogP contribution in [0.25, 0.3) is 33.6 Å². The molecular weight excluding hydrogens is 427 g/mol. The first-order valence-electron chi connectivity index (χ1n) is 11.1. The van der Waals surface area contributed by atoms with Crippen molar-refractivity contribution in [2.45, 2.75) is 31.7 Å². The highest BCUT2D eigenvalue weighted by molar-refractivity contribution is 5.93. The topological polar surface area (TPSA) is 134 Å². The van der Waals surface area contributed by atoms with E-state index in [0.717, 1.165) is 37.3 Å². The van der Waals surface area contributed by atoms with Crippen LogP contribution in [-0.4, -0.2) is 46.9 Å². The summed E-state index contributed by atoms with van der Waals surface area (Å²) in [7, 11) is 1.89. The highest BCUT2D eigenvalue weighted by Gasteiger charge is 2.47. The first-order chi connectivity index (χ1) is 16.0. The maximum absolute atomic E-state index is 13.9. The number of pyridine rings is 1. The number of H-pyrrole nitrogens is 1. The number of carbonyl (C=O) groups is 1. The van der Waals surface area contributed by atoms with E-state index in [1.165, 1.54) is 6.07 Å². The number of nitrogens with zero attached hydrogens (tertiary/aromatic N) is 5. The minimum absolute atomic E-state index is 0.161. The van der Waals surface area contributed by atoms with Crippen LogP contribution in [0.1, 0.15) is 25.7 Å². The molecule has 0 radical (unpaired) electrons. The summed E-state index contributed by atoms with van der Waals surface area (Å²) in [6.07, 6.45) is 7.04. The van der Waals surface area contributed by atoms with Gasteiger partial charge in [0.05, 0.1) is 22.9 Å². The molecule has 170 valence electrons. The van der Waals surface area contributed by atoms with Gasteiger partial charge in [-0.15, -0.1) is 0 Å². The molecule has 3 aliphatic rings. The molecule has 4 N–H and O–H groups in total. The minimum atomic E-state index is -0.473. The molecule has 0 spiro atoms. The second kappa shape index (κ2) is 7.48. The van der Waals surface area contributed by atoms with E-state index in [0.29, 0.717) is 39.9 Å². The lowest BCUT2D eigenvalue weighted by atomic mass is 9.61. The van der Waals surface area contributed by atoms with Crippen LogP contribution in [-0.2, 0) is 11.8 Å². The summed E-state index contributed by atoms with van der Waals surface area (Å²) in [6.45, 7) is 0. The summed E-state index contributed by atoms with van der Waals surface area (Å²) < 4.78 is 15.8. The Morgan fingerprint density at radius 1 is 1.21 bits per heavy atom. The van der Waals surface area contributed by atoms with Crippen molar-refractivity contribution in [1.29, 1.82) is 0 Å². The third-order valence-electron chi connectivity index (χ3n) is 7.25. The average molecular weight is 450 g/mol. The number of rotatable bonds is 4. The third kappa shape index (κ3) is 3.14. The van der Waals surface area contributed by atoms with Gasteiger partial charge in [0, 0.05) is 19.3 Å². The maximum atomic E-state index is 13.9. The van der Waals surface area contributed by atoms with Gasteiger partial charge in [0.15, 0.2) is 11.5 Å². The molecule has 10 nitrogen and oxygen atoms in total. The van der Waals surface area contributed by atoms with Crippen LogP contribution in [0.4, 0.5) is 10.2 Å². The van der Waals surface area contributed by atoms with Crippen molar-refractivity contribution in [3.63, 3.8) is 0 Å². The number of hydrogen-bond donors (Lipinski definition) is 4. The molecule has 1 amide bonds. The van der Waals surface area contributed by atoms with Gasteiger partial charge in [0.25, 0.3) is 0 Å². The van der Waals surface area contributed by atoms with E-state index in [4.69, 9.17) is 4.98 Å². The zero-order valence-corrected chi connectivity index (χ0v) is 17.9. The van der Waals surface area contributed by atoms with Gasteiger partial charge in [-0.1, -0.05) is 0 Å². The predicted octanol–water partition coefficient (Wildman–Crippen LogP) is 2.77.